The number of carbonyl (C=O) groups is 2. The molecule has 1 aromatic carbocycles. The Balaban J connectivity index is 1.84. The van der Waals surface area contributed by atoms with Crippen molar-refractivity contribution >= 4 is 17.5 Å². The van der Waals surface area contributed by atoms with Crippen molar-refractivity contribution in [1.82, 2.24) is 10.2 Å². The van der Waals surface area contributed by atoms with E-state index in [9.17, 15) is 14.0 Å². The number of carbonyl (C=O) groups excluding carboxylic acids is 2. The number of fused-ring (bicyclic) bond motifs is 1. The van der Waals surface area contributed by atoms with Crippen LogP contribution in [0.3, 0.4) is 0 Å². The first kappa shape index (κ1) is 15.0. The molecule has 0 aliphatic carbocycles. The second-order valence-corrected chi connectivity index (χ2v) is 5.97. The maximum Gasteiger partial charge on any atom is 0.230 e. The van der Waals surface area contributed by atoms with Gasteiger partial charge >= 0.3 is 0 Å². The quantitative estimate of drug-likeness (QED) is 0.869. The Kier molecular flexibility index (Phi) is 4.11. The summed E-state index contributed by atoms with van der Waals surface area (Å²) in [5, 5.41) is 5.92. The highest BCUT2D eigenvalue weighted by atomic mass is 19.1. The summed E-state index contributed by atoms with van der Waals surface area (Å²) in [5.74, 6) is -1.24. The number of anilines is 1. The average Bonchev–Trinajstić information content (AvgIpc) is 2.53. The molecule has 2 amide bonds. The summed E-state index contributed by atoms with van der Waals surface area (Å²) in [6, 6.07) is 4.41. The summed E-state index contributed by atoms with van der Waals surface area (Å²) in [7, 11) is 1.80. The van der Waals surface area contributed by atoms with Crippen LogP contribution in [0.15, 0.2) is 18.2 Å². The molecule has 2 N–H and O–H groups in total. The van der Waals surface area contributed by atoms with Crippen molar-refractivity contribution in [2.75, 3.05) is 25.5 Å². The summed E-state index contributed by atoms with van der Waals surface area (Å²) >= 11 is 0. The number of nitrogens with one attached hydrogen (secondary N) is 2. The van der Waals surface area contributed by atoms with Gasteiger partial charge in [-0.2, -0.15) is 0 Å². The number of nitrogens with zero attached hydrogens (tertiary/aromatic N) is 1. The molecule has 22 heavy (non-hydrogen) atoms. The number of piperidine rings is 1. The van der Waals surface area contributed by atoms with Crippen LogP contribution in [0.4, 0.5) is 10.1 Å². The van der Waals surface area contributed by atoms with E-state index >= 15 is 0 Å². The van der Waals surface area contributed by atoms with Crippen molar-refractivity contribution < 1.29 is 14.0 Å². The molecule has 0 bridgehead atoms. The van der Waals surface area contributed by atoms with Gasteiger partial charge in [0.1, 0.15) is 5.82 Å². The smallest absolute Gasteiger partial charge is 0.230 e. The highest BCUT2D eigenvalue weighted by Gasteiger charge is 2.34. The lowest BCUT2D eigenvalue weighted by atomic mass is 9.88. The van der Waals surface area contributed by atoms with E-state index in [1.807, 2.05) is 0 Å². The number of rotatable bonds is 2. The van der Waals surface area contributed by atoms with Crippen molar-refractivity contribution in [3.05, 3.63) is 29.6 Å². The maximum absolute atomic E-state index is 13.3. The Morgan fingerprint density at radius 2 is 2.05 bits per heavy atom. The second kappa shape index (κ2) is 6.04. The van der Waals surface area contributed by atoms with Crippen LogP contribution in [0, 0.1) is 5.82 Å². The maximum atomic E-state index is 13.3. The standard InChI is InChI=1S/C16H20FN3O2/c1-20(11-4-6-18-7-5-11)16(22)13-9-15(21)19-14-8-10(17)2-3-12(13)14/h2-3,8,11,13,18H,4-7,9H2,1H3,(H,19,21). The molecular formula is C16H20FN3O2. The predicted octanol–water partition coefficient (Wildman–Crippen LogP) is 1.46. The Hall–Kier alpha value is -1.95. The number of hydrogen-bond donors (Lipinski definition) is 2. The molecule has 0 saturated carbocycles. The van der Waals surface area contributed by atoms with Crippen LogP contribution >= 0.6 is 0 Å². The van der Waals surface area contributed by atoms with Gasteiger partial charge in [-0.05, 0) is 43.6 Å². The van der Waals surface area contributed by atoms with E-state index in [2.05, 4.69) is 10.6 Å². The van der Waals surface area contributed by atoms with E-state index in [-0.39, 0.29) is 24.3 Å². The SMILES string of the molecule is CN(C(=O)C1CC(=O)Nc2cc(F)ccc21)C1CCNCC1. The average molecular weight is 305 g/mol. The zero-order chi connectivity index (χ0) is 15.7. The summed E-state index contributed by atoms with van der Waals surface area (Å²) in [4.78, 5) is 26.4. The van der Waals surface area contributed by atoms with E-state index in [1.54, 1.807) is 18.0 Å². The number of amides is 2. The molecule has 1 unspecified atom stereocenters. The molecule has 1 aromatic rings. The molecule has 2 heterocycles. The molecule has 1 atom stereocenters. The molecule has 0 aromatic heterocycles. The zero-order valence-electron chi connectivity index (χ0n) is 12.6. The molecule has 6 heteroatoms. The fourth-order valence-corrected chi connectivity index (χ4v) is 3.28. The monoisotopic (exact) mass is 305 g/mol. The Labute approximate surface area is 128 Å². The Bertz CT molecular complexity index is 599. The summed E-state index contributed by atoms with van der Waals surface area (Å²) in [6.07, 6.45) is 1.95. The molecule has 2 aliphatic heterocycles. The van der Waals surface area contributed by atoms with Crippen LogP contribution in [0.5, 0.6) is 0 Å². The van der Waals surface area contributed by atoms with Crippen molar-refractivity contribution in [3.63, 3.8) is 0 Å². The lowest BCUT2D eigenvalue weighted by molar-refractivity contribution is -0.136. The highest BCUT2D eigenvalue weighted by Crippen LogP contribution is 2.34. The number of hydrogen-bond acceptors (Lipinski definition) is 3. The summed E-state index contributed by atoms with van der Waals surface area (Å²) in [6.45, 7) is 1.80. The molecule has 0 radical (unpaired) electrons. The lowest BCUT2D eigenvalue weighted by Gasteiger charge is -2.35. The fraction of sp³-hybridized carbons (Fsp3) is 0.500. The normalized spacial score (nSPS) is 21.9. The van der Waals surface area contributed by atoms with Crippen LogP contribution < -0.4 is 10.6 Å². The van der Waals surface area contributed by atoms with Gasteiger partial charge in [0.2, 0.25) is 11.8 Å². The zero-order valence-corrected chi connectivity index (χ0v) is 12.6. The van der Waals surface area contributed by atoms with E-state index in [0.717, 1.165) is 25.9 Å². The van der Waals surface area contributed by atoms with Crippen molar-refractivity contribution in [3.8, 4) is 0 Å². The largest absolute Gasteiger partial charge is 0.342 e. The van der Waals surface area contributed by atoms with Gasteiger partial charge in [0.25, 0.3) is 0 Å². The number of likely N-dealkylation sites (N-methyl/N-ethyl adjacent to an activating group) is 1. The van der Waals surface area contributed by atoms with E-state index in [4.69, 9.17) is 0 Å². The lowest BCUT2D eigenvalue weighted by Crippen LogP contribution is -2.46. The molecule has 5 nitrogen and oxygen atoms in total. The minimum Gasteiger partial charge on any atom is -0.342 e. The van der Waals surface area contributed by atoms with Crippen LogP contribution in [0.2, 0.25) is 0 Å². The molecule has 1 fully saturated rings. The van der Waals surface area contributed by atoms with Crippen LogP contribution in [-0.2, 0) is 9.59 Å². The Morgan fingerprint density at radius 1 is 1.32 bits per heavy atom. The highest BCUT2D eigenvalue weighted by molar-refractivity contribution is 6.01. The minimum atomic E-state index is -0.524. The first-order valence-corrected chi connectivity index (χ1v) is 7.63. The van der Waals surface area contributed by atoms with Crippen LogP contribution in [-0.4, -0.2) is 42.9 Å². The molecule has 3 rings (SSSR count). The van der Waals surface area contributed by atoms with E-state index in [0.29, 0.717) is 11.3 Å². The van der Waals surface area contributed by atoms with E-state index in [1.165, 1.54) is 12.1 Å². The van der Waals surface area contributed by atoms with Gasteiger partial charge in [-0.1, -0.05) is 6.07 Å². The topological polar surface area (TPSA) is 61.4 Å². The van der Waals surface area contributed by atoms with Gasteiger partial charge < -0.3 is 15.5 Å². The van der Waals surface area contributed by atoms with Gasteiger partial charge in [0.15, 0.2) is 0 Å². The summed E-state index contributed by atoms with van der Waals surface area (Å²) in [5.41, 5.74) is 1.11. The third kappa shape index (κ3) is 2.83. The van der Waals surface area contributed by atoms with Gasteiger partial charge in [-0.3, -0.25) is 9.59 Å². The fourth-order valence-electron chi connectivity index (χ4n) is 3.28. The van der Waals surface area contributed by atoms with Gasteiger partial charge in [-0.25, -0.2) is 4.39 Å². The second-order valence-electron chi connectivity index (χ2n) is 5.97. The molecule has 0 spiro atoms. The minimum absolute atomic E-state index is 0.0605. The first-order valence-electron chi connectivity index (χ1n) is 7.63. The number of halogens is 1. The molecule has 1 saturated heterocycles. The van der Waals surface area contributed by atoms with Gasteiger partial charge in [0, 0.05) is 25.2 Å². The third-order valence-electron chi connectivity index (χ3n) is 4.56. The summed E-state index contributed by atoms with van der Waals surface area (Å²) < 4.78 is 13.3. The van der Waals surface area contributed by atoms with Crippen molar-refractivity contribution in [2.45, 2.75) is 31.2 Å². The van der Waals surface area contributed by atoms with Crippen LogP contribution in [0.25, 0.3) is 0 Å². The molecule has 118 valence electrons. The van der Waals surface area contributed by atoms with Crippen molar-refractivity contribution in [2.24, 2.45) is 0 Å². The molecule has 2 aliphatic rings. The third-order valence-corrected chi connectivity index (χ3v) is 4.56. The predicted molar refractivity (Wildman–Crippen MR) is 81.0 cm³/mol. The van der Waals surface area contributed by atoms with E-state index < -0.39 is 11.7 Å². The Morgan fingerprint density at radius 3 is 2.77 bits per heavy atom. The van der Waals surface area contributed by atoms with Gasteiger partial charge in [-0.15, -0.1) is 0 Å². The van der Waals surface area contributed by atoms with Crippen molar-refractivity contribution in [1.29, 1.82) is 0 Å². The van der Waals surface area contributed by atoms with Gasteiger partial charge in [0.05, 0.1) is 5.92 Å². The molecular weight excluding hydrogens is 285 g/mol. The van der Waals surface area contributed by atoms with Crippen LogP contribution in [0.1, 0.15) is 30.7 Å². The first-order chi connectivity index (χ1) is 10.6. The number of benzene rings is 1.